The van der Waals surface area contributed by atoms with Gasteiger partial charge in [0.1, 0.15) is 12.2 Å². The van der Waals surface area contributed by atoms with Crippen molar-refractivity contribution in [2.24, 2.45) is 13.0 Å². The van der Waals surface area contributed by atoms with E-state index in [4.69, 9.17) is 4.74 Å². The highest BCUT2D eigenvalue weighted by Crippen LogP contribution is 2.50. The first-order chi connectivity index (χ1) is 20.6. The van der Waals surface area contributed by atoms with Gasteiger partial charge in [-0.3, -0.25) is 9.69 Å². The van der Waals surface area contributed by atoms with Crippen molar-refractivity contribution in [2.45, 2.75) is 56.5 Å². The highest BCUT2D eigenvalue weighted by molar-refractivity contribution is 6.10. The Hall–Kier alpha value is -3.79. The second-order valence-corrected chi connectivity index (χ2v) is 11.9. The summed E-state index contributed by atoms with van der Waals surface area (Å²) in [6.07, 6.45) is -0.921. The second-order valence-electron chi connectivity index (χ2n) is 11.9. The quantitative estimate of drug-likeness (QED) is 0.441. The van der Waals surface area contributed by atoms with Gasteiger partial charge in [0.2, 0.25) is 0 Å². The van der Waals surface area contributed by atoms with Crippen LogP contribution in [0.25, 0.3) is 0 Å². The maximum atomic E-state index is 14.4. The van der Waals surface area contributed by atoms with Crippen LogP contribution in [0.4, 0.5) is 18.9 Å². The molecular weight excluding hydrogens is 561 g/mol. The van der Waals surface area contributed by atoms with Gasteiger partial charge in [0.25, 0.3) is 5.91 Å². The van der Waals surface area contributed by atoms with E-state index < -0.39 is 23.8 Å². The van der Waals surface area contributed by atoms with E-state index >= 15 is 0 Å². The minimum atomic E-state index is -4.63. The molecule has 1 amide bonds. The fourth-order valence-corrected chi connectivity index (χ4v) is 6.73. The Labute approximate surface area is 247 Å². The van der Waals surface area contributed by atoms with Gasteiger partial charge in [-0.1, -0.05) is 12.1 Å². The van der Waals surface area contributed by atoms with Crippen molar-refractivity contribution in [3.8, 4) is 6.07 Å². The number of alkyl halides is 3. The Morgan fingerprint density at radius 2 is 2.05 bits per heavy atom. The largest absolute Gasteiger partial charge is 0.416 e. The Kier molecular flexibility index (Phi) is 7.75. The third kappa shape index (κ3) is 5.64. The van der Waals surface area contributed by atoms with Crippen LogP contribution in [-0.2, 0) is 42.9 Å². The van der Waals surface area contributed by atoms with E-state index in [1.54, 1.807) is 18.5 Å². The smallest absolute Gasteiger partial charge is 0.394 e. The van der Waals surface area contributed by atoms with Crippen LogP contribution in [0.3, 0.4) is 0 Å². The van der Waals surface area contributed by atoms with Crippen LogP contribution in [-0.4, -0.2) is 63.1 Å². The van der Waals surface area contributed by atoms with E-state index in [1.165, 1.54) is 4.90 Å². The van der Waals surface area contributed by atoms with Gasteiger partial charge in [-0.25, -0.2) is 0 Å². The number of halogens is 3. The molecular formula is C31H33F3N6O3. The highest BCUT2D eigenvalue weighted by Gasteiger charge is 2.47. The topological polar surface area (TPSA) is 108 Å². The Morgan fingerprint density at radius 3 is 2.74 bits per heavy atom. The third-order valence-electron chi connectivity index (χ3n) is 8.98. The van der Waals surface area contributed by atoms with Gasteiger partial charge < -0.3 is 19.3 Å². The number of aliphatic hydroxyl groups is 1. The van der Waals surface area contributed by atoms with Gasteiger partial charge in [0.05, 0.1) is 30.9 Å². The lowest BCUT2D eigenvalue weighted by Crippen LogP contribution is -2.43. The number of ether oxygens (including phenoxy) is 1. The van der Waals surface area contributed by atoms with Gasteiger partial charge >= 0.3 is 6.18 Å². The molecule has 1 atom stereocenters. The first-order valence-corrected chi connectivity index (χ1v) is 14.4. The molecule has 0 spiro atoms. The first kappa shape index (κ1) is 29.3. The molecule has 1 unspecified atom stereocenters. The number of rotatable bonds is 7. The van der Waals surface area contributed by atoms with Gasteiger partial charge in [-0.05, 0) is 60.2 Å². The zero-order chi connectivity index (χ0) is 30.4. The van der Waals surface area contributed by atoms with E-state index in [-0.39, 0.29) is 42.2 Å². The van der Waals surface area contributed by atoms with E-state index in [2.05, 4.69) is 16.3 Å². The molecule has 3 heterocycles. The minimum absolute atomic E-state index is 0.0268. The normalized spacial score (nSPS) is 24.4. The molecule has 1 aromatic heterocycles. The number of hydrogen-bond acceptors (Lipinski definition) is 7. The van der Waals surface area contributed by atoms with E-state index in [0.29, 0.717) is 56.6 Å². The van der Waals surface area contributed by atoms with Crippen molar-refractivity contribution in [3.63, 3.8) is 0 Å². The zero-order valence-electron chi connectivity index (χ0n) is 23.8. The fraction of sp³-hybridized carbons (Fsp3) is 0.484. The number of anilines is 1. The predicted octanol–water partition coefficient (Wildman–Crippen LogP) is 3.99. The predicted molar refractivity (Wildman–Crippen MR) is 150 cm³/mol. The summed E-state index contributed by atoms with van der Waals surface area (Å²) in [5.41, 5.74) is 0.673. The summed E-state index contributed by atoms with van der Waals surface area (Å²) >= 11 is 0. The summed E-state index contributed by atoms with van der Waals surface area (Å²) < 4.78 is 50.5. The number of aromatic nitrogens is 3. The first-order valence-electron chi connectivity index (χ1n) is 14.4. The van der Waals surface area contributed by atoms with Crippen molar-refractivity contribution in [3.05, 3.63) is 76.4 Å². The highest BCUT2D eigenvalue weighted by atomic mass is 19.4. The lowest BCUT2D eigenvalue weighted by atomic mass is 9.57. The van der Waals surface area contributed by atoms with Crippen molar-refractivity contribution < 1.29 is 27.8 Å². The van der Waals surface area contributed by atoms with Crippen LogP contribution in [0.2, 0.25) is 0 Å². The standard InChI is InChI=1S/C31H33F3N6O3/c1-38-19-36-37-28(38)13-30(11-21(12-30)14-35)22-4-2-5-23(10-22)40-17-26-25(29(40)42)8-20(9-27(26)31(32,33)34)15-39-6-3-7-43-24(16-39)18-41/h2,4-5,8-10,19,21,24,41H,3,6-7,11-13,15-18H2,1H3. The fourth-order valence-electron chi connectivity index (χ4n) is 6.73. The maximum absolute atomic E-state index is 14.4. The van der Waals surface area contributed by atoms with Crippen LogP contribution >= 0.6 is 0 Å². The van der Waals surface area contributed by atoms with Gasteiger partial charge in [-0.15, -0.1) is 10.2 Å². The van der Waals surface area contributed by atoms with Crippen LogP contribution in [0.5, 0.6) is 0 Å². The molecule has 1 saturated carbocycles. The third-order valence-corrected chi connectivity index (χ3v) is 8.98. The minimum Gasteiger partial charge on any atom is -0.394 e. The van der Waals surface area contributed by atoms with Gasteiger partial charge in [0, 0.05) is 62.3 Å². The molecule has 2 fully saturated rings. The number of nitriles is 1. The van der Waals surface area contributed by atoms with E-state index in [1.807, 2.05) is 34.7 Å². The molecule has 12 heteroatoms. The summed E-state index contributed by atoms with van der Waals surface area (Å²) in [5, 5.41) is 27.3. The summed E-state index contributed by atoms with van der Waals surface area (Å²) in [7, 11) is 1.86. The summed E-state index contributed by atoms with van der Waals surface area (Å²) in [6.45, 7) is 1.34. The Balaban J connectivity index is 1.31. The number of fused-ring (bicyclic) bond motifs is 1. The molecule has 226 valence electrons. The summed E-state index contributed by atoms with van der Waals surface area (Å²) in [4.78, 5) is 17.1. The number of carbonyl (C=O) groups is 1. The SMILES string of the molecule is Cn1cnnc1CC1(c2cccc(N3Cc4c(cc(CN5CCCOC(CO)C5)cc4C(F)(F)F)C3=O)c2)CC(C#N)C1. The van der Waals surface area contributed by atoms with Gasteiger partial charge in [-0.2, -0.15) is 18.4 Å². The lowest BCUT2D eigenvalue weighted by molar-refractivity contribution is -0.138. The number of aliphatic hydroxyl groups excluding tert-OH is 1. The van der Waals surface area contributed by atoms with Crippen molar-refractivity contribution in [1.82, 2.24) is 19.7 Å². The number of nitrogens with zero attached hydrogens (tertiary/aromatic N) is 6. The molecule has 1 N–H and O–H groups in total. The van der Waals surface area contributed by atoms with Crippen LogP contribution < -0.4 is 4.90 Å². The Morgan fingerprint density at radius 1 is 1.23 bits per heavy atom. The Bertz CT molecular complexity index is 1560. The van der Waals surface area contributed by atoms with Crippen LogP contribution in [0.1, 0.15) is 57.7 Å². The number of aryl methyl sites for hydroxylation is 1. The average molecular weight is 595 g/mol. The summed E-state index contributed by atoms with van der Waals surface area (Å²) in [5.74, 6) is 0.193. The molecule has 6 rings (SSSR count). The molecule has 2 aromatic carbocycles. The molecule has 0 radical (unpaired) electrons. The van der Waals surface area contributed by atoms with Crippen LogP contribution in [0.15, 0.2) is 42.7 Å². The average Bonchev–Trinajstić information content (AvgIpc) is 3.43. The molecule has 3 aliphatic rings. The monoisotopic (exact) mass is 594 g/mol. The van der Waals surface area contributed by atoms with Crippen molar-refractivity contribution >= 4 is 11.6 Å². The molecule has 0 bridgehead atoms. The molecule has 43 heavy (non-hydrogen) atoms. The van der Waals surface area contributed by atoms with E-state index in [0.717, 1.165) is 17.5 Å². The van der Waals surface area contributed by atoms with Crippen LogP contribution in [0, 0.1) is 17.2 Å². The van der Waals surface area contributed by atoms with Gasteiger partial charge in [0.15, 0.2) is 0 Å². The second kappa shape index (κ2) is 11.4. The molecule has 1 aliphatic carbocycles. The van der Waals surface area contributed by atoms with Crippen molar-refractivity contribution in [2.75, 3.05) is 31.2 Å². The molecule has 2 aliphatic heterocycles. The van der Waals surface area contributed by atoms with E-state index in [9.17, 15) is 28.3 Å². The summed E-state index contributed by atoms with van der Waals surface area (Å²) in [6, 6.07) is 12.4. The number of benzene rings is 2. The number of hydrogen-bond donors (Lipinski definition) is 1. The van der Waals surface area contributed by atoms with Crippen molar-refractivity contribution in [1.29, 1.82) is 5.26 Å². The lowest BCUT2D eigenvalue weighted by Gasteiger charge is -2.45. The molecule has 9 nitrogen and oxygen atoms in total. The zero-order valence-corrected chi connectivity index (χ0v) is 23.8. The molecule has 3 aromatic rings. The molecule has 1 saturated heterocycles. The number of amides is 1. The number of carbonyl (C=O) groups excluding carboxylic acids is 1. The maximum Gasteiger partial charge on any atom is 0.416 e.